The molecule has 0 radical (unpaired) electrons. The second-order valence-corrected chi connectivity index (χ2v) is 9.86. The van der Waals surface area contributed by atoms with Gasteiger partial charge in [0, 0.05) is 11.3 Å². The van der Waals surface area contributed by atoms with Gasteiger partial charge in [0.05, 0.1) is 16.1 Å². The summed E-state index contributed by atoms with van der Waals surface area (Å²) in [5.74, 6) is 0.0548. The maximum absolute atomic E-state index is 6.41. The Labute approximate surface area is 206 Å². The first-order valence-corrected chi connectivity index (χ1v) is 12.2. The number of nitrogens with zero attached hydrogens (tertiary/aromatic N) is 3. The van der Waals surface area contributed by atoms with Crippen molar-refractivity contribution < 1.29 is 14.2 Å². The molecular formula is C26H25BrN4O3. The zero-order valence-corrected chi connectivity index (χ0v) is 20.7. The number of anilines is 2. The molecule has 0 bridgehead atoms. The quantitative estimate of drug-likeness (QED) is 0.353. The van der Waals surface area contributed by atoms with E-state index >= 15 is 0 Å². The van der Waals surface area contributed by atoms with Crippen LogP contribution in [0.2, 0.25) is 0 Å². The Bertz CT molecular complexity index is 1340. The Morgan fingerprint density at radius 2 is 1.62 bits per heavy atom. The van der Waals surface area contributed by atoms with Crippen LogP contribution in [-0.4, -0.2) is 38.6 Å². The van der Waals surface area contributed by atoms with Gasteiger partial charge in [-0.1, -0.05) is 48.5 Å². The Hall–Kier alpha value is -2.78. The number of hydrogen-bond acceptors (Lipinski definition) is 6. The molecule has 1 N–H and O–H groups in total. The summed E-state index contributed by atoms with van der Waals surface area (Å²) >= 11 is 3.90. The van der Waals surface area contributed by atoms with Gasteiger partial charge in [0.15, 0.2) is 12.0 Å². The van der Waals surface area contributed by atoms with E-state index in [0.29, 0.717) is 0 Å². The molecule has 2 aromatic heterocycles. The molecule has 4 heterocycles. The van der Waals surface area contributed by atoms with Crippen LogP contribution in [0.3, 0.4) is 0 Å². The lowest BCUT2D eigenvalue weighted by molar-refractivity contribution is -0.194. The predicted molar refractivity (Wildman–Crippen MR) is 134 cm³/mol. The van der Waals surface area contributed by atoms with E-state index in [1.54, 1.807) is 6.33 Å². The fourth-order valence-electron chi connectivity index (χ4n) is 4.94. The molecule has 4 aromatic rings. The molecule has 2 aliphatic rings. The van der Waals surface area contributed by atoms with Crippen LogP contribution >= 0.6 is 15.9 Å². The van der Waals surface area contributed by atoms with Gasteiger partial charge in [0.1, 0.15) is 30.0 Å². The summed E-state index contributed by atoms with van der Waals surface area (Å²) in [6.07, 6.45) is 0.631. The van der Waals surface area contributed by atoms with Crippen molar-refractivity contribution in [3.63, 3.8) is 0 Å². The predicted octanol–water partition coefficient (Wildman–Crippen LogP) is 6.04. The third-order valence-corrected chi connectivity index (χ3v) is 7.12. The number of para-hydroxylation sites is 1. The van der Waals surface area contributed by atoms with Gasteiger partial charge in [-0.3, -0.25) is 4.57 Å². The van der Waals surface area contributed by atoms with Gasteiger partial charge >= 0.3 is 0 Å². The van der Waals surface area contributed by atoms with E-state index in [4.69, 9.17) is 19.2 Å². The molecule has 174 valence electrons. The molecule has 2 fully saturated rings. The van der Waals surface area contributed by atoms with Crippen LogP contribution in [0.1, 0.15) is 27.0 Å². The molecule has 0 unspecified atom stereocenters. The largest absolute Gasteiger partial charge is 0.349 e. The Kier molecular flexibility index (Phi) is 5.22. The molecule has 0 aliphatic carbocycles. The summed E-state index contributed by atoms with van der Waals surface area (Å²) < 4.78 is 21.8. The Balaban J connectivity index is 1.56. The van der Waals surface area contributed by atoms with Crippen molar-refractivity contribution in [3.8, 4) is 11.1 Å². The topological polar surface area (TPSA) is 70.4 Å². The van der Waals surface area contributed by atoms with E-state index < -0.39 is 12.0 Å². The summed E-state index contributed by atoms with van der Waals surface area (Å²) in [5, 5.41) is 4.38. The smallest absolute Gasteiger partial charge is 0.165 e. The molecule has 2 aromatic carbocycles. The second-order valence-electron chi connectivity index (χ2n) is 9.11. The van der Waals surface area contributed by atoms with Crippen molar-refractivity contribution in [2.75, 3.05) is 5.32 Å². The first-order valence-electron chi connectivity index (χ1n) is 11.4. The Morgan fingerprint density at radius 1 is 0.941 bits per heavy atom. The lowest BCUT2D eigenvalue weighted by atomic mass is 10.1. The van der Waals surface area contributed by atoms with E-state index in [1.165, 1.54) is 0 Å². The first-order chi connectivity index (χ1) is 16.4. The van der Waals surface area contributed by atoms with Crippen molar-refractivity contribution in [2.45, 2.75) is 51.1 Å². The number of fused-ring (bicyclic) bond motifs is 2. The average Bonchev–Trinajstić information content (AvgIpc) is 3.42. The summed E-state index contributed by atoms with van der Waals surface area (Å²) in [5.41, 5.74) is 3.75. The Morgan fingerprint density at radius 3 is 2.35 bits per heavy atom. The zero-order chi connectivity index (χ0) is 23.4. The highest BCUT2D eigenvalue weighted by molar-refractivity contribution is 9.10. The lowest BCUT2D eigenvalue weighted by Crippen LogP contribution is -2.28. The highest BCUT2D eigenvalue weighted by Crippen LogP contribution is 2.48. The molecule has 6 rings (SSSR count). The molecule has 0 amide bonds. The minimum atomic E-state index is -0.668. The van der Waals surface area contributed by atoms with Crippen molar-refractivity contribution >= 4 is 38.5 Å². The molecule has 2 aliphatic heterocycles. The number of benzene rings is 2. The van der Waals surface area contributed by atoms with Gasteiger partial charge in [-0.05, 0) is 54.4 Å². The molecule has 7 nitrogen and oxygen atoms in total. The summed E-state index contributed by atoms with van der Waals surface area (Å²) in [6, 6.07) is 20.2. The number of ether oxygens (including phenoxy) is 3. The SMILES string of the molecule is C[C@H]1O[C@@H](n2c(Br)c(-c3ccccc3)c3c(Nc4ccccc4)ncnc32)[C@@H]2OC(C)(C)O[C@@H]21. The number of hydrogen-bond donors (Lipinski definition) is 1. The van der Waals surface area contributed by atoms with E-state index in [0.717, 1.165) is 38.3 Å². The van der Waals surface area contributed by atoms with Crippen molar-refractivity contribution in [2.24, 2.45) is 0 Å². The number of halogens is 1. The minimum absolute atomic E-state index is 0.120. The molecule has 0 saturated carbocycles. The number of nitrogens with one attached hydrogen (secondary N) is 1. The van der Waals surface area contributed by atoms with Crippen LogP contribution in [0.5, 0.6) is 0 Å². The van der Waals surface area contributed by atoms with Gasteiger partial charge in [-0.25, -0.2) is 9.97 Å². The highest BCUT2D eigenvalue weighted by Gasteiger charge is 2.55. The standard InChI is InChI=1S/C26H25BrN4O3/c1-15-20-21(34-26(2,3)33-20)25(32-15)31-22(27)18(16-10-6-4-7-11-16)19-23(28-14-29-24(19)31)30-17-12-8-5-9-13-17/h4-15,20-21,25H,1-3H3,(H,28,29,30)/t15-,20-,21-,25-/m1/s1. The van der Waals surface area contributed by atoms with Gasteiger partial charge in [-0.15, -0.1) is 0 Å². The summed E-state index contributed by atoms with van der Waals surface area (Å²) in [6.45, 7) is 5.91. The number of aromatic nitrogens is 3. The van der Waals surface area contributed by atoms with Crippen LogP contribution in [-0.2, 0) is 14.2 Å². The maximum atomic E-state index is 6.41. The third-order valence-electron chi connectivity index (χ3n) is 6.34. The molecule has 34 heavy (non-hydrogen) atoms. The van der Waals surface area contributed by atoms with Gasteiger partial charge in [0.2, 0.25) is 0 Å². The molecule has 2 saturated heterocycles. The van der Waals surface area contributed by atoms with Crippen LogP contribution in [0, 0.1) is 0 Å². The van der Waals surface area contributed by atoms with Gasteiger partial charge in [-0.2, -0.15) is 0 Å². The van der Waals surface area contributed by atoms with E-state index in [2.05, 4.69) is 42.9 Å². The number of rotatable bonds is 4. The molecule has 0 spiro atoms. The summed E-state index contributed by atoms with van der Waals surface area (Å²) in [4.78, 5) is 9.34. The first kappa shape index (κ1) is 21.7. The maximum Gasteiger partial charge on any atom is 0.165 e. The van der Waals surface area contributed by atoms with Crippen LogP contribution in [0.4, 0.5) is 11.5 Å². The average molecular weight is 521 g/mol. The molecular weight excluding hydrogens is 496 g/mol. The van der Waals surface area contributed by atoms with E-state index in [-0.39, 0.29) is 18.3 Å². The molecule has 8 heteroatoms. The minimum Gasteiger partial charge on any atom is -0.349 e. The second kappa shape index (κ2) is 8.16. The van der Waals surface area contributed by atoms with Crippen molar-refractivity contribution in [1.29, 1.82) is 0 Å². The fourth-order valence-corrected chi connectivity index (χ4v) is 5.74. The molecule has 4 atom stereocenters. The lowest BCUT2D eigenvalue weighted by Gasteiger charge is -2.24. The van der Waals surface area contributed by atoms with Crippen LogP contribution in [0.15, 0.2) is 71.6 Å². The van der Waals surface area contributed by atoms with Crippen molar-refractivity contribution in [1.82, 2.24) is 14.5 Å². The third kappa shape index (κ3) is 3.53. The van der Waals surface area contributed by atoms with E-state index in [9.17, 15) is 0 Å². The zero-order valence-electron chi connectivity index (χ0n) is 19.1. The van der Waals surface area contributed by atoms with Crippen LogP contribution < -0.4 is 5.32 Å². The monoisotopic (exact) mass is 520 g/mol. The van der Waals surface area contributed by atoms with Gasteiger partial charge in [0.25, 0.3) is 0 Å². The highest BCUT2D eigenvalue weighted by atomic mass is 79.9. The van der Waals surface area contributed by atoms with Crippen LogP contribution in [0.25, 0.3) is 22.2 Å². The van der Waals surface area contributed by atoms with Crippen molar-refractivity contribution in [3.05, 3.63) is 71.6 Å². The van der Waals surface area contributed by atoms with E-state index in [1.807, 2.05) is 69.3 Å². The summed E-state index contributed by atoms with van der Waals surface area (Å²) in [7, 11) is 0. The fraction of sp³-hybridized carbons (Fsp3) is 0.308. The normalized spacial score (nSPS) is 25.5. The van der Waals surface area contributed by atoms with Gasteiger partial charge < -0.3 is 19.5 Å².